The Hall–Kier alpha value is -3.32. The van der Waals surface area contributed by atoms with E-state index in [1.54, 1.807) is 13.2 Å². The fraction of sp³-hybridized carbons (Fsp3) is 0.280. The predicted molar refractivity (Wildman–Crippen MR) is 128 cm³/mol. The van der Waals surface area contributed by atoms with Crippen molar-refractivity contribution in [3.63, 3.8) is 0 Å². The molecule has 0 spiro atoms. The van der Waals surface area contributed by atoms with E-state index in [-0.39, 0.29) is 11.8 Å². The lowest BCUT2D eigenvalue weighted by Crippen LogP contribution is -2.55. The molecule has 6 nitrogen and oxygen atoms in total. The Balaban J connectivity index is 1.45. The highest BCUT2D eigenvalue weighted by Crippen LogP contribution is 2.28. The van der Waals surface area contributed by atoms with E-state index < -0.39 is 6.04 Å². The van der Waals surface area contributed by atoms with Crippen LogP contribution in [0.1, 0.15) is 15.2 Å². The van der Waals surface area contributed by atoms with Gasteiger partial charge in [-0.25, -0.2) is 0 Å². The molecule has 7 heteroatoms. The van der Waals surface area contributed by atoms with Gasteiger partial charge in [-0.05, 0) is 29.1 Å². The molecule has 1 fully saturated rings. The number of ether oxygens (including phenoxy) is 1. The highest BCUT2D eigenvalue weighted by atomic mass is 32.1. The number of methoxy groups -OCH3 is 1. The summed E-state index contributed by atoms with van der Waals surface area (Å²) < 4.78 is 5.49. The number of carbonyl (C=O) groups is 2. The first kappa shape index (κ1) is 21.9. The summed E-state index contributed by atoms with van der Waals surface area (Å²) in [5.74, 6) is 0.581. The number of nitrogens with zero attached hydrogens (tertiary/aromatic N) is 2. The number of carbonyl (C=O) groups excluding carboxylic acids is 2. The van der Waals surface area contributed by atoms with Gasteiger partial charge in [-0.1, -0.05) is 48.5 Å². The van der Waals surface area contributed by atoms with Gasteiger partial charge in [0.1, 0.15) is 11.8 Å². The average molecular weight is 450 g/mol. The molecule has 0 aliphatic carbocycles. The van der Waals surface area contributed by atoms with Crippen LogP contribution in [0.2, 0.25) is 0 Å². The molecule has 1 atom stereocenters. The third-order valence-corrected chi connectivity index (χ3v) is 6.52. The molecule has 2 heterocycles. The van der Waals surface area contributed by atoms with E-state index in [0.29, 0.717) is 37.5 Å². The summed E-state index contributed by atoms with van der Waals surface area (Å²) in [5, 5.41) is 4.83. The Kier molecular flexibility index (Phi) is 7.07. The maximum Gasteiger partial charge on any atom is 0.262 e. The SMILES string of the molecule is COc1ccccc1N1CCN(C(=O)[C@H](Cc2ccccc2)NC(=O)c2cccs2)CC1. The molecule has 0 unspecified atom stereocenters. The average Bonchev–Trinajstić information content (AvgIpc) is 3.39. The number of para-hydroxylation sites is 2. The molecule has 1 saturated heterocycles. The van der Waals surface area contributed by atoms with Crippen molar-refractivity contribution in [2.45, 2.75) is 12.5 Å². The molecule has 0 radical (unpaired) electrons. The zero-order valence-corrected chi connectivity index (χ0v) is 18.9. The van der Waals surface area contributed by atoms with Crippen LogP contribution in [-0.4, -0.2) is 56.0 Å². The second kappa shape index (κ2) is 10.3. The van der Waals surface area contributed by atoms with Crippen molar-refractivity contribution < 1.29 is 14.3 Å². The van der Waals surface area contributed by atoms with Crippen LogP contribution in [0.5, 0.6) is 5.75 Å². The molecule has 1 N–H and O–H groups in total. The fourth-order valence-corrected chi connectivity index (χ4v) is 4.59. The van der Waals surface area contributed by atoms with Gasteiger partial charge in [-0.3, -0.25) is 9.59 Å². The number of hydrogen-bond acceptors (Lipinski definition) is 5. The molecule has 1 aliphatic heterocycles. The van der Waals surface area contributed by atoms with E-state index in [1.165, 1.54) is 11.3 Å². The molecule has 2 aromatic carbocycles. The smallest absolute Gasteiger partial charge is 0.262 e. The number of benzene rings is 2. The van der Waals surface area contributed by atoms with E-state index >= 15 is 0 Å². The topological polar surface area (TPSA) is 61.9 Å². The number of hydrogen-bond donors (Lipinski definition) is 1. The van der Waals surface area contributed by atoms with Crippen LogP contribution in [0, 0.1) is 0 Å². The molecule has 0 bridgehead atoms. The normalized spacial score (nSPS) is 14.7. The summed E-state index contributed by atoms with van der Waals surface area (Å²) >= 11 is 1.37. The van der Waals surface area contributed by atoms with Crippen molar-refractivity contribution in [1.82, 2.24) is 10.2 Å². The Morgan fingerprint density at radius 1 is 0.969 bits per heavy atom. The van der Waals surface area contributed by atoms with Crippen molar-refractivity contribution in [1.29, 1.82) is 0 Å². The van der Waals surface area contributed by atoms with E-state index in [2.05, 4.69) is 10.2 Å². The first-order valence-corrected chi connectivity index (χ1v) is 11.6. The third-order valence-electron chi connectivity index (χ3n) is 5.65. The molecule has 4 rings (SSSR count). The van der Waals surface area contributed by atoms with Gasteiger partial charge in [0.25, 0.3) is 5.91 Å². The van der Waals surface area contributed by atoms with Crippen LogP contribution < -0.4 is 15.0 Å². The minimum absolute atomic E-state index is 0.0431. The Labute approximate surface area is 192 Å². The lowest BCUT2D eigenvalue weighted by Gasteiger charge is -2.38. The Morgan fingerprint density at radius 2 is 1.69 bits per heavy atom. The van der Waals surface area contributed by atoms with Gasteiger partial charge in [-0.15, -0.1) is 11.3 Å². The molecule has 0 saturated carbocycles. The van der Waals surface area contributed by atoms with Crippen LogP contribution >= 0.6 is 11.3 Å². The number of anilines is 1. The van der Waals surface area contributed by atoms with Gasteiger partial charge < -0.3 is 19.9 Å². The maximum absolute atomic E-state index is 13.4. The number of rotatable bonds is 7. The van der Waals surface area contributed by atoms with Crippen molar-refractivity contribution in [2.75, 3.05) is 38.2 Å². The Morgan fingerprint density at radius 3 is 2.38 bits per heavy atom. The van der Waals surface area contributed by atoms with Crippen molar-refractivity contribution in [2.24, 2.45) is 0 Å². The van der Waals surface area contributed by atoms with Crippen LogP contribution in [0.25, 0.3) is 0 Å². The molecule has 3 aromatic rings. The highest BCUT2D eigenvalue weighted by molar-refractivity contribution is 7.12. The van der Waals surface area contributed by atoms with Crippen LogP contribution in [0.4, 0.5) is 5.69 Å². The predicted octanol–water partition coefficient (Wildman–Crippen LogP) is 3.45. The zero-order chi connectivity index (χ0) is 22.3. The lowest BCUT2D eigenvalue weighted by molar-refractivity contribution is -0.133. The van der Waals surface area contributed by atoms with Gasteiger partial charge in [0.2, 0.25) is 5.91 Å². The van der Waals surface area contributed by atoms with Gasteiger partial charge in [0.15, 0.2) is 0 Å². The minimum atomic E-state index is -0.607. The summed E-state index contributed by atoms with van der Waals surface area (Å²) in [6.07, 6.45) is 0.462. The molecule has 32 heavy (non-hydrogen) atoms. The second-order valence-corrected chi connectivity index (χ2v) is 8.62. The monoisotopic (exact) mass is 449 g/mol. The number of piperazine rings is 1. The molecular weight excluding hydrogens is 422 g/mol. The third kappa shape index (κ3) is 5.11. The largest absolute Gasteiger partial charge is 0.495 e. The highest BCUT2D eigenvalue weighted by Gasteiger charge is 2.30. The standard InChI is InChI=1S/C25H27N3O3S/c1-31-22-11-6-5-10-21(22)27-13-15-28(16-14-27)25(30)20(18-19-8-3-2-4-9-19)26-24(29)23-12-7-17-32-23/h2-12,17,20H,13-16,18H2,1H3,(H,26,29)/t20-/m0/s1. The van der Waals surface area contributed by atoms with E-state index in [1.807, 2.05) is 70.9 Å². The lowest BCUT2D eigenvalue weighted by atomic mass is 10.0. The molecule has 1 aromatic heterocycles. The zero-order valence-electron chi connectivity index (χ0n) is 18.1. The summed E-state index contributed by atoms with van der Waals surface area (Å²) in [6, 6.07) is 20.7. The summed E-state index contributed by atoms with van der Waals surface area (Å²) in [6.45, 7) is 2.61. The number of nitrogens with one attached hydrogen (secondary N) is 1. The quantitative estimate of drug-likeness (QED) is 0.600. The number of amides is 2. The summed E-state index contributed by atoms with van der Waals surface area (Å²) in [7, 11) is 1.67. The van der Waals surface area contributed by atoms with Crippen molar-refractivity contribution in [3.05, 3.63) is 82.6 Å². The summed E-state index contributed by atoms with van der Waals surface area (Å²) in [4.78, 5) is 30.9. The van der Waals surface area contributed by atoms with Crippen LogP contribution in [0.15, 0.2) is 72.1 Å². The van der Waals surface area contributed by atoms with Crippen LogP contribution in [-0.2, 0) is 11.2 Å². The van der Waals surface area contributed by atoms with E-state index in [0.717, 1.165) is 17.0 Å². The van der Waals surface area contributed by atoms with Gasteiger partial charge in [0.05, 0.1) is 17.7 Å². The van der Waals surface area contributed by atoms with E-state index in [4.69, 9.17) is 4.74 Å². The van der Waals surface area contributed by atoms with Crippen molar-refractivity contribution >= 4 is 28.8 Å². The number of thiophene rings is 1. The minimum Gasteiger partial charge on any atom is -0.495 e. The molecule has 2 amide bonds. The Bertz CT molecular complexity index is 1030. The van der Waals surface area contributed by atoms with Crippen molar-refractivity contribution in [3.8, 4) is 5.75 Å². The van der Waals surface area contributed by atoms with E-state index in [9.17, 15) is 9.59 Å². The van der Waals surface area contributed by atoms with Gasteiger partial charge in [-0.2, -0.15) is 0 Å². The molecule has 1 aliphatic rings. The fourth-order valence-electron chi connectivity index (χ4n) is 3.97. The van der Waals surface area contributed by atoms with Gasteiger partial charge in [0, 0.05) is 32.6 Å². The molecule has 166 valence electrons. The second-order valence-electron chi connectivity index (χ2n) is 7.68. The van der Waals surface area contributed by atoms with Crippen LogP contribution in [0.3, 0.4) is 0 Å². The maximum atomic E-state index is 13.4. The molecular formula is C25H27N3O3S. The first-order valence-electron chi connectivity index (χ1n) is 10.7. The first-order chi connectivity index (χ1) is 15.7. The summed E-state index contributed by atoms with van der Waals surface area (Å²) in [5.41, 5.74) is 2.05. The van der Waals surface area contributed by atoms with Gasteiger partial charge >= 0.3 is 0 Å².